The number of hydrogen-bond acceptors (Lipinski definition) is 3. The van der Waals surface area contributed by atoms with Gasteiger partial charge in [-0.2, -0.15) is 0 Å². The maximum absolute atomic E-state index is 13.6. The summed E-state index contributed by atoms with van der Waals surface area (Å²) in [5.41, 5.74) is 0.561. The van der Waals surface area contributed by atoms with Gasteiger partial charge < -0.3 is 10.2 Å². The standard InChI is InChI=1S/C17H16F3N3O/c18-12-5-7-13(16(20)15(12)19)22-17(24)14-6-4-11(10-21-14)23-8-2-1-3-9-23/h4-7,10H,1-3,8-9H2,(H,22,24). The largest absolute Gasteiger partial charge is 0.370 e. The van der Waals surface area contributed by atoms with Gasteiger partial charge in [-0.1, -0.05) is 0 Å². The highest BCUT2D eigenvalue weighted by Gasteiger charge is 2.17. The van der Waals surface area contributed by atoms with Crippen LogP contribution in [0.25, 0.3) is 0 Å². The van der Waals surface area contributed by atoms with Crippen molar-refractivity contribution in [1.29, 1.82) is 0 Å². The van der Waals surface area contributed by atoms with Crippen LogP contribution in [0.15, 0.2) is 30.5 Å². The van der Waals surface area contributed by atoms with Crippen LogP contribution in [0.5, 0.6) is 0 Å². The molecule has 0 atom stereocenters. The average Bonchev–Trinajstić information content (AvgIpc) is 2.63. The third kappa shape index (κ3) is 3.34. The first-order valence-corrected chi connectivity index (χ1v) is 7.72. The van der Waals surface area contributed by atoms with Gasteiger partial charge in [-0.05, 0) is 43.5 Å². The number of aromatic nitrogens is 1. The average molecular weight is 335 g/mol. The van der Waals surface area contributed by atoms with Gasteiger partial charge in [-0.3, -0.25) is 4.79 Å². The number of piperidine rings is 1. The predicted octanol–water partition coefficient (Wildman–Crippen LogP) is 3.74. The third-order valence-corrected chi connectivity index (χ3v) is 3.99. The first-order chi connectivity index (χ1) is 11.6. The molecule has 0 saturated carbocycles. The first-order valence-electron chi connectivity index (χ1n) is 7.72. The summed E-state index contributed by atoms with van der Waals surface area (Å²) < 4.78 is 39.7. The molecule has 1 amide bonds. The fraction of sp³-hybridized carbons (Fsp3) is 0.294. The van der Waals surface area contributed by atoms with Gasteiger partial charge in [0.05, 0.1) is 17.6 Å². The van der Waals surface area contributed by atoms with Crippen molar-refractivity contribution in [2.45, 2.75) is 19.3 Å². The van der Waals surface area contributed by atoms with Crippen LogP contribution in [0.2, 0.25) is 0 Å². The zero-order chi connectivity index (χ0) is 17.1. The number of carbonyl (C=O) groups excluding carboxylic acids is 1. The minimum atomic E-state index is -1.62. The number of amides is 1. The minimum absolute atomic E-state index is 0.0693. The molecule has 1 aromatic carbocycles. The van der Waals surface area contributed by atoms with E-state index in [1.165, 1.54) is 12.5 Å². The lowest BCUT2D eigenvalue weighted by molar-refractivity contribution is 0.102. The van der Waals surface area contributed by atoms with Gasteiger partial charge in [-0.25, -0.2) is 18.2 Å². The SMILES string of the molecule is O=C(Nc1ccc(F)c(F)c1F)c1ccc(N2CCCCC2)cn1. The Morgan fingerprint density at radius 3 is 2.42 bits per heavy atom. The normalized spacial score (nSPS) is 14.5. The Bertz CT molecular complexity index is 743. The number of nitrogens with zero attached hydrogens (tertiary/aromatic N) is 2. The van der Waals surface area contributed by atoms with E-state index >= 15 is 0 Å². The summed E-state index contributed by atoms with van der Waals surface area (Å²) in [6.45, 7) is 1.90. The topological polar surface area (TPSA) is 45.2 Å². The number of rotatable bonds is 3. The van der Waals surface area contributed by atoms with Gasteiger partial charge in [0, 0.05) is 13.1 Å². The van der Waals surface area contributed by atoms with Crippen LogP contribution < -0.4 is 10.2 Å². The lowest BCUT2D eigenvalue weighted by Crippen LogP contribution is -2.29. The summed E-state index contributed by atoms with van der Waals surface area (Å²) in [5.74, 6) is -5.06. The molecule has 2 aromatic rings. The first kappa shape index (κ1) is 16.3. The second kappa shape index (κ2) is 6.90. The second-order valence-electron chi connectivity index (χ2n) is 5.63. The summed E-state index contributed by atoms with van der Waals surface area (Å²) in [4.78, 5) is 18.3. The fourth-order valence-corrected chi connectivity index (χ4v) is 2.67. The van der Waals surface area contributed by atoms with Crippen LogP contribution in [-0.2, 0) is 0 Å². The van der Waals surface area contributed by atoms with Gasteiger partial charge >= 0.3 is 0 Å². The van der Waals surface area contributed by atoms with Gasteiger partial charge in [0.25, 0.3) is 5.91 Å². The molecule has 1 aromatic heterocycles. The van der Waals surface area contributed by atoms with Crippen molar-refractivity contribution in [2.75, 3.05) is 23.3 Å². The van der Waals surface area contributed by atoms with E-state index < -0.39 is 29.0 Å². The van der Waals surface area contributed by atoms with Crippen LogP contribution in [0, 0.1) is 17.5 Å². The molecule has 1 N–H and O–H groups in total. The summed E-state index contributed by atoms with van der Waals surface area (Å²) in [6.07, 6.45) is 5.04. The molecule has 0 aliphatic carbocycles. The fourth-order valence-electron chi connectivity index (χ4n) is 2.67. The Balaban J connectivity index is 1.72. The molecule has 1 saturated heterocycles. The van der Waals surface area contributed by atoms with Gasteiger partial charge in [0.2, 0.25) is 0 Å². The molecule has 7 heteroatoms. The third-order valence-electron chi connectivity index (χ3n) is 3.99. The predicted molar refractivity (Wildman–Crippen MR) is 84.6 cm³/mol. The molecule has 1 aliphatic heterocycles. The Morgan fingerprint density at radius 2 is 1.75 bits per heavy atom. The van der Waals surface area contributed by atoms with Crippen LogP contribution in [0.4, 0.5) is 24.5 Å². The second-order valence-corrected chi connectivity index (χ2v) is 5.63. The lowest BCUT2D eigenvalue weighted by Gasteiger charge is -2.28. The zero-order valence-electron chi connectivity index (χ0n) is 12.9. The quantitative estimate of drug-likeness (QED) is 0.869. The van der Waals surface area contributed by atoms with Crippen molar-refractivity contribution < 1.29 is 18.0 Å². The Morgan fingerprint density at radius 1 is 1.00 bits per heavy atom. The van der Waals surface area contributed by atoms with Crippen molar-refractivity contribution in [3.8, 4) is 0 Å². The number of carbonyl (C=O) groups is 1. The van der Waals surface area contributed by atoms with Crippen LogP contribution in [-0.4, -0.2) is 24.0 Å². The van der Waals surface area contributed by atoms with Crippen molar-refractivity contribution in [1.82, 2.24) is 4.98 Å². The van der Waals surface area contributed by atoms with Crippen molar-refractivity contribution >= 4 is 17.3 Å². The number of anilines is 2. The Hall–Kier alpha value is -2.57. The number of nitrogens with one attached hydrogen (secondary N) is 1. The van der Waals surface area contributed by atoms with E-state index in [0.717, 1.165) is 43.8 Å². The van der Waals surface area contributed by atoms with Crippen molar-refractivity contribution in [2.24, 2.45) is 0 Å². The van der Waals surface area contributed by atoms with Crippen LogP contribution in [0.1, 0.15) is 29.8 Å². The van der Waals surface area contributed by atoms with E-state index in [-0.39, 0.29) is 5.69 Å². The highest BCUT2D eigenvalue weighted by atomic mass is 19.2. The molecule has 24 heavy (non-hydrogen) atoms. The van der Waals surface area contributed by atoms with E-state index in [1.54, 1.807) is 12.3 Å². The van der Waals surface area contributed by atoms with Gasteiger partial charge in [-0.15, -0.1) is 0 Å². The number of halogens is 3. The number of pyridine rings is 1. The van der Waals surface area contributed by atoms with Crippen molar-refractivity contribution in [3.63, 3.8) is 0 Å². The maximum Gasteiger partial charge on any atom is 0.274 e. The molecule has 1 aliphatic rings. The van der Waals surface area contributed by atoms with E-state index in [1.807, 2.05) is 0 Å². The van der Waals surface area contributed by atoms with Crippen molar-refractivity contribution in [3.05, 3.63) is 53.6 Å². The van der Waals surface area contributed by atoms with E-state index in [2.05, 4.69) is 15.2 Å². The smallest absolute Gasteiger partial charge is 0.274 e. The molecule has 4 nitrogen and oxygen atoms in total. The summed E-state index contributed by atoms with van der Waals surface area (Å²) in [5, 5.41) is 2.20. The van der Waals surface area contributed by atoms with Gasteiger partial charge in [0.15, 0.2) is 17.5 Å². The van der Waals surface area contributed by atoms with E-state index in [4.69, 9.17) is 0 Å². The Kier molecular flexibility index (Phi) is 4.69. The molecular weight excluding hydrogens is 319 g/mol. The molecule has 2 heterocycles. The molecule has 0 spiro atoms. The highest BCUT2D eigenvalue weighted by molar-refractivity contribution is 6.03. The van der Waals surface area contributed by atoms with Crippen LogP contribution in [0.3, 0.4) is 0 Å². The lowest BCUT2D eigenvalue weighted by atomic mass is 10.1. The molecule has 0 bridgehead atoms. The van der Waals surface area contributed by atoms with E-state index in [0.29, 0.717) is 0 Å². The molecule has 3 rings (SSSR count). The molecule has 126 valence electrons. The molecular formula is C17H16F3N3O. The van der Waals surface area contributed by atoms with Gasteiger partial charge in [0.1, 0.15) is 5.69 Å². The Labute approximate surface area is 137 Å². The maximum atomic E-state index is 13.6. The summed E-state index contributed by atoms with van der Waals surface area (Å²) in [7, 11) is 0. The summed E-state index contributed by atoms with van der Waals surface area (Å²) >= 11 is 0. The highest BCUT2D eigenvalue weighted by Crippen LogP contribution is 2.21. The summed E-state index contributed by atoms with van der Waals surface area (Å²) in [6, 6.07) is 5.01. The number of hydrogen-bond donors (Lipinski definition) is 1. The number of benzene rings is 1. The monoisotopic (exact) mass is 335 g/mol. The molecule has 0 radical (unpaired) electrons. The molecule has 1 fully saturated rings. The van der Waals surface area contributed by atoms with E-state index in [9.17, 15) is 18.0 Å². The minimum Gasteiger partial charge on any atom is -0.370 e. The van der Waals surface area contributed by atoms with Crippen LogP contribution >= 0.6 is 0 Å². The molecule has 0 unspecified atom stereocenters. The zero-order valence-corrected chi connectivity index (χ0v) is 12.9.